The van der Waals surface area contributed by atoms with Gasteiger partial charge in [0.15, 0.2) is 5.75 Å². The Morgan fingerprint density at radius 2 is 1.69 bits per heavy atom. The van der Waals surface area contributed by atoms with Gasteiger partial charge in [-0.05, 0) is 62.2 Å². The molecule has 9 heteroatoms. The van der Waals surface area contributed by atoms with E-state index >= 15 is 0 Å². The molecule has 7 nitrogen and oxygen atoms in total. The summed E-state index contributed by atoms with van der Waals surface area (Å²) >= 11 is 6.17. The van der Waals surface area contributed by atoms with Crippen LogP contribution in [0.25, 0.3) is 0 Å². The highest BCUT2D eigenvalue weighted by molar-refractivity contribution is 7.89. The molecule has 1 amide bonds. The Hall–Kier alpha value is -3.07. The van der Waals surface area contributed by atoms with Crippen LogP contribution in [0.1, 0.15) is 18.4 Å². The van der Waals surface area contributed by atoms with Crippen molar-refractivity contribution in [3.63, 3.8) is 0 Å². The maximum Gasteiger partial charge on any atom is 0.243 e. The maximum atomic E-state index is 13.1. The van der Waals surface area contributed by atoms with Gasteiger partial charge in [0.2, 0.25) is 15.9 Å². The van der Waals surface area contributed by atoms with Crippen LogP contribution in [0, 0.1) is 12.8 Å². The third-order valence-electron chi connectivity index (χ3n) is 5.95. The lowest BCUT2D eigenvalue weighted by molar-refractivity contribution is -0.120. The van der Waals surface area contributed by atoms with Gasteiger partial charge in [0.25, 0.3) is 0 Å². The minimum Gasteiger partial charge on any atom is -0.497 e. The van der Waals surface area contributed by atoms with Crippen molar-refractivity contribution in [2.24, 2.45) is 5.92 Å². The van der Waals surface area contributed by atoms with Gasteiger partial charge in [-0.3, -0.25) is 4.79 Å². The topological polar surface area (TPSA) is 84.9 Å². The molecule has 1 saturated heterocycles. The van der Waals surface area contributed by atoms with Crippen LogP contribution in [0.4, 0.5) is 5.69 Å². The fraction of sp³-hybridized carbons (Fsp3) is 0.269. The van der Waals surface area contributed by atoms with E-state index in [1.807, 2.05) is 13.0 Å². The average Bonchev–Trinajstić information content (AvgIpc) is 2.86. The molecule has 1 aliphatic rings. The van der Waals surface area contributed by atoms with E-state index in [4.69, 9.17) is 21.1 Å². The molecular formula is C26H27ClN2O5S. The van der Waals surface area contributed by atoms with Gasteiger partial charge in [-0.2, -0.15) is 4.31 Å². The number of carbonyl (C=O) groups excluding carboxylic acids is 1. The van der Waals surface area contributed by atoms with Crippen molar-refractivity contribution >= 4 is 33.2 Å². The monoisotopic (exact) mass is 514 g/mol. The van der Waals surface area contributed by atoms with Crippen LogP contribution in [0.2, 0.25) is 5.02 Å². The summed E-state index contributed by atoms with van der Waals surface area (Å²) in [6.45, 7) is 2.46. The number of rotatable bonds is 7. The molecule has 0 radical (unpaired) electrons. The number of nitrogens with one attached hydrogen (secondary N) is 1. The van der Waals surface area contributed by atoms with Gasteiger partial charge in [0, 0.05) is 30.1 Å². The van der Waals surface area contributed by atoms with Crippen LogP contribution in [0.5, 0.6) is 17.2 Å². The zero-order valence-electron chi connectivity index (χ0n) is 19.5. The Kier molecular flexibility index (Phi) is 7.64. The van der Waals surface area contributed by atoms with E-state index in [9.17, 15) is 13.2 Å². The number of hydrogen-bond acceptors (Lipinski definition) is 5. The molecule has 1 fully saturated rings. The van der Waals surface area contributed by atoms with Crippen molar-refractivity contribution in [3.8, 4) is 17.2 Å². The van der Waals surface area contributed by atoms with E-state index in [1.54, 1.807) is 67.8 Å². The van der Waals surface area contributed by atoms with E-state index < -0.39 is 10.0 Å². The molecule has 3 aromatic carbocycles. The van der Waals surface area contributed by atoms with Crippen molar-refractivity contribution in [1.82, 2.24) is 4.31 Å². The number of piperidine rings is 1. The number of anilines is 1. The number of benzene rings is 3. The predicted octanol–water partition coefficient (Wildman–Crippen LogP) is 5.49. The SMILES string of the molecule is COc1cccc(Oc2ccc(Cl)cc2NC(=O)C2CCN(S(=O)(=O)c3ccc(C)cc3)CC2)c1. The van der Waals surface area contributed by atoms with Crippen LogP contribution in [0.3, 0.4) is 0 Å². The van der Waals surface area contributed by atoms with E-state index in [1.165, 1.54) is 4.31 Å². The molecule has 0 bridgehead atoms. The number of aryl methyl sites for hydroxylation is 1. The summed E-state index contributed by atoms with van der Waals surface area (Å²) in [4.78, 5) is 13.3. The normalized spacial score (nSPS) is 14.9. The lowest BCUT2D eigenvalue weighted by atomic mass is 9.97. The third kappa shape index (κ3) is 5.96. The van der Waals surface area contributed by atoms with Crippen LogP contribution in [-0.2, 0) is 14.8 Å². The number of sulfonamides is 1. The lowest BCUT2D eigenvalue weighted by Gasteiger charge is -2.30. The van der Waals surface area contributed by atoms with E-state index in [-0.39, 0.29) is 29.8 Å². The Balaban J connectivity index is 1.42. The van der Waals surface area contributed by atoms with Crippen molar-refractivity contribution in [3.05, 3.63) is 77.3 Å². The van der Waals surface area contributed by atoms with Gasteiger partial charge >= 0.3 is 0 Å². The number of nitrogens with zero attached hydrogens (tertiary/aromatic N) is 1. The number of carbonyl (C=O) groups is 1. The first kappa shape index (κ1) is 25.0. The molecule has 184 valence electrons. The minimum atomic E-state index is -3.59. The summed E-state index contributed by atoms with van der Waals surface area (Å²) in [6, 6.07) is 18.9. The van der Waals surface area contributed by atoms with Gasteiger partial charge in [0.05, 0.1) is 17.7 Å². The van der Waals surface area contributed by atoms with Crippen LogP contribution in [0.15, 0.2) is 71.6 Å². The number of ether oxygens (including phenoxy) is 2. The summed E-state index contributed by atoms with van der Waals surface area (Å²) in [5.41, 5.74) is 1.44. The summed E-state index contributed by atoms with van der Waals surface area (Å²) in [6.07, 6.45) is 0.840. The highest BCUT2D eigenvalue weighted by atomic mass is 35.5. The van der Waals surface area contributed by atoms with E-state index in [0.29, 0.717) is 40.8 Å². The average molecular weight is 515 g/mol. The highest BCUT2D eigenvalue weighted by Gasteiger charge is 2.32. The molecule has 1 heterocycles. The molecule has 0 spiro atoms. The Labute approximate surface area is 210 Å². The van der Waals surface area contributed by atoms with Crippen molar-refractivity contribution < 1.29 is 22.7 Å². The molecule has 0 atom stereocenters. The van der Waals surface area contributed by atoms with Gasteiger partial charge in [-0.25, -0.2) is 8.42 Å². The largest absolute Gasteiger partial charge is 0.497 e. The fourth-order valence-corrected chi connectivity index (χ4v) is 5.57. The first-order valence-corrected chi connectivity index (χ1v) is 13.1. The second-order valence-corrected chi connectivity index (χ2v) is 10.8. The van der Waals surface area contributed by atoms with Crippen molar-refractivity contribution in [2.45, 2.75) is 24.7 Å². The Morgan fingerprint density at radius 1 is 1.00 bits per heavy atom. The Bertz CT molecular complexity index is 1300. The molecular weight excluding hydrogens is 488 g/mol. The van der Waals surface area contributed by atoms with Crippen LogP contribution < -0.4 is 14.8 Å². The van der Waals surface area contributed by atoms with Crippen molar-refractivity contribution in [2.75, 3.05) is 25.5 Å². The minimum absolute atomic E-state index is 0.199. The first-order chi connectivity index (χ1) is 16.8. The van der Waals surface area contributed by atoms with Crippen LogP contribution >= 0.6 is 11.6 Å². The number of methoxy groups -OCH3 is 1. The summed E-state index contributed by atoms with van der Waals surface area (Å²) in [5.74, 6) is 1.11. The standard InChI is InChI=1S/C26H27ClN2O5S/c1-18-6-9-23(10-7-18)35(31,32)29-14-12-19(13-15-29)26(30)28-24-16-20(27)8-11-25(24)34-22-5-3-4-21(17-22)33-2/h3-11,16-17,19H,12-15H2,1-2H3,(H,28,30). The predicted molar refractivity (Wildman–Crippen MR) is 136 cm³/mol. The molecule has 35 heavy (non-hydrogen) atoms. The number of halogens is 1. The zero-order chi connectivity index (χ0) is 25.0. The second kappa shape index (κ2) is 10.7. The smallest absolute Gasteiger partial charge is 0.243 e. The zero-order valence-corrected chi connectivity index (χ0v) is 21.1. The molecule has 3 aromatic rings. The molecule has 1 aliphatic heterocycles. The van der Waals surface area contributed by atoms with Gasteiger partial charge < -0.3 is 14.8 Å². The van der Waals surface area contributed by atoms with E-state index in [0.717, 1.165) is 5.56 Å². The Morgan fingerprint density at radius 3 is 2.37 bits per heavy atom. The second-order valence-electron chi connectivity index (χ2n) is 8.40. The molecule has 4 rings (SSSR count). The maximum absolute atomic E-state index is 13.1. The molecule has 0 aromatic heterocycles. The summed E-state index contributed by atoms with van der Waals surface area (Å²) < 4.78 is 38.6. The van der Waals surface area contributed by atoms with Crippen molar-refractivity contribution in [1.29, 1.82) is 0 Å². The van der Waals surface area contributed by atoms with Gasteiger partial charge in [0.1, 0.15) is 11.5 Å². The fourth-order valence-electron chi connectivity index (χ4n) is 3.93. The number of hydrogen-bond donors (Lipinski definition) is 1. The third-order valence-corrected chi connectivity index (χ3v) is 8.10. The lowest BCUT2D eigenvalue weighted by Crippen LogP contribution is -2.41. The summed E-state index contributed by atoms with van der Waals surface area (Å²) in [7, 11) is -2.01. The first-order valence-electron chi connectivity index (χ1n) is 11.3. The summed E-state index contributed by atoms with van der Waals surface area (Å²) in [5, 5.41) is 3.37. The molecule has 0 saturated carbocycles. The highest BCUT2D eigenvalue weighted by Crippen LogP contribution is 2.34. The molecule has 0 unspecified atom stereocenters. The molecule has 1 N–H and O–H groups in total. The molecule has 0 aliphatic carbocycles. The van der Waals surface area contributed by atoms with Gasteiger partial charge in [-0.15, -0.1) is 0 Å². The number of amides is 1. The van der Waals surface area contributed by atoms with E-state index in [2.05, 4.69) is 5.32 Å². The van der Waals surface area contributed by atoms with Crippen LogP contribution in [-0.4, -0.2) is 38.8 Å². The quantitative estimate of drug-likeness (QED) is 0.450. The van der Waals surface area contributed by atoms with Gasteiger partial charge in [-0.1, -0.05) is 35.4 Å².